The quantitative estimate of drug-likeness (QED) is 0.486. The van der Waals surface area contributed by atoms with E-state index in [1.807, 2.05) is 12.1 Å². The number of hydrogen-bond acceptors (Lipinski definition) is 4. The van der Waals surface area contributed by atoms with Gasteiger partial charge >= 0.3 is 0 Å². The maximum atomic E-state index is 10.9. The van der Waals surface area contributed by atoms with Gasteiger partial charge in [0.2, 0.25) is 0 Å². The van der Waals surface area contributed by atoms with E-state index in [1.54, 1.807) is 13.1 Å². The van der Waals surface area contributed by atoms with Crippen molar-refractivity contribution in [1.82, 2.24) is 20.4 Å². The van der Waals surface area contributed by atoms with Gasteiger partial charge in [-0.1, -0.05) is 0 Å². The molecule has 0 unspecified atom stereocenters. The van der Waals surface area contributed by atoms with Gasteiger partial charge in [-0.2, -0.15) is 5.10 Å². The Morgan fingerprint density at radius 1 is 1.65 bits per heavy atom. The van der Waals surface area contributed by atoms with Crippen LogP contribution in [-0.4, -0.2) is 32.5 Å². The summed E-state index contributed by atoms with van der Waals surface area (Å²) >= 11 is 5.33. The minimum atomic E-state index is -0.361. The number of nitrogens with one attached hydrogen (secondary N) is 2. The average Bonchev–Trinajstić information content (AvgIpc) is 2.79. The number of aromatic nitrogens is 3. The summed E-state index contributed by atoms with van der Waals surface area (Å²) in [5, 5.41) is 3.87. The standard InChI is InChI=1S/C10H10ClN5O/c1-6(15-16-8(17)5-11)9-13-7-3-2-4-12-10(7)14-9/h2-4H,5H2,1H3,(H,16,17)(H,12,13,14)/b15-6+. The molecule has 7 heteroatoms. The fraction of sp³-hybridized carbons (Fsp3) is 0.200. The fourth-order valence-corrected chi connectivity index (χ4v) is 1.31. The van der Waals surface area contributed by atoms with Gasteiger partial charge in [-0.15, -0.1) is 11.6 Å². The van der Waals surface area contributed by atoms with Crippen LogP contribution >= 0.6 is 11.6 Å². The Hall–Kier alpha value is -1.95. The van der Waals surface area contributed by atoms with E-state index in [0.717, 1.165) is 5.52 Å². The topological polar surface area (TPSA) is 83.0 Å². The highest BCUT2D eigenvalue weighted by Gasteiger charge is 2.06. The highest BCUT2D eigenvalue weighted by molar-refractivity contribution is 6.27. The molecule has 0 aliphatic rings. The van der Waals surface area contributed by atoms with Crippen LogP contribution in [0.3, 0.4) is 0 Å². The van der Waals surface area contributed by atoms with E-state index in [2.05, 4.69) is 25.5 Å². The van der Waals surface area contributed by atoms with Crippen molar-refractivity contribution in [3.8, 4) is 0 Å². The first-order valence-corrected chi connectivity index (χ1v) is 5.44. The van der Waals surface area contributed by atoms with Crippen LogP contribution in [0, 0.1) is 0 Å². The number of hydrazone groups is 1. The van der Waals surface area contributed by atoms with E-state index in [1.165, 1.54) is 0 Å². The molecule has 2 N–H and O–H groups in total. The van der Waals surface area contributed by atoms with Crippen molar-refractivity contribution in [2.75, 3.05) is 5.88 Å². The molecule has 0 aromatic carbocycles. The second kappa shape index (κ2) is 4.92. The van der Waals surface area contributed by atoms with E-state index in [0.29, 0.717) is 17.2 Å². The summed E-state index contributed by atoms with van der Waals surface area (Å²) in [6.45, 7) is 1.73. The van der Waals surface area contributed by atoms with E-state index < -0.39 is 0 Å². The van der Waals surface area contributed by atoms with Crippen LogP contribution in [0.1, 0.15) is 12.7 Å². The number of rotatable bonds is 3. The van der Waals surface area contributed by atoms with Gasteiger partial charge in [-0.25, -0.2) is 15.4 Å². The predicted molar refractivity (Wildman–Crippen MR) is 65.0 cm³/mol. The zero-order valence-electron chi connectivity index (χ0n) is 9.07. The molecule has 0 fully saturated rings. The van der Waals surface area contributed by atoms with Gasteiger partial charge in [0.1, 0.15) is 11.6 Å². The lowest BCUT2D eigenvalue weighted by atomic mass is 10.4. The summed E-state index contributed by atoms with van der Waals surface area (Å²) < 4.78 is 0. The molecule has 88 valence electrons. The molecule has 6 nitrogen and oxygen atoms in total. The molecule has 1 amide bonds. The number of halogens is 1. The Kier molecular flexibility index (Phi) is 3.34. The van der Waals surface area contributed by atoms with Gasteiger partial charge in [0, 0.05) is 6.20 Å². The molecule has 0 aliphatic carbocycles. The van der Waals surface area contributed by atoms with Crippen LogP contribution in [0.15, 0.2) is 23.4 Å². The second-order valence-corrected chi connectivity index (χ2v) is 3.59. The molecular formula is C10H10ClN5O. The lowest BCUT2D eigenvalue weighted by molar-refractivity contribution is -0.118. The first-order valence-electron chi connectivity index (χ1n) is 4.91. The number of alkyl halides is 1. The third-order valence-electron chi connectivity index (χ3n) is 2.07. The summed E-state index contributed by atoms with van der Waals surface area (Å²) in [6.07, 6.45) is 1.66. The zero-order chi connectivity index (χ0) is 12.3. The molecule has 17 heavy (non-hydrogen) atoms. The van der Waals surface area contributed by atoms with Crippen molar-refractivity contribution in [1.29, 1.82) is 0 Å². The number of amides is 1. The maximum Gasteiger partial charge on any atom is 0.254 e. The number of nitrogens with zero attached hydrogens (tertiary/aromatic N) is 3. The van der Waals surface area contributed by atoms with Crippen LogP contribution in [0.5, 0.6) is 0 Å². The van der Waals surface area contributed by atoms with Gasteiger partial charge in [-0.3, -0.25) is 4.79 Å². The van der Waals surface area contributed by atoms with Crippen LogP contribution in [0.25, 0.3) is 11.2 Å². The molecule has 2 rings (SSSR count). The number of hydrogen-bond donors (Lipinski definition) is 2. The van der Waals surface area contributed by atoms with Crippen molar-refractivity contribution >= 4 is 34.4 Å². The van der Waals surface area contributed by atoms with Crippen LogP contribution in [0.4, 0.5) is 0 Å². The van der Waals surface area contributed by atoms with E-state index in [9.17, 15) is 4.79 Å². The van der Waals surface area contributed by atoms with Crippen LogP contribution in [-0.2, 0) is 4.79 Å². The number of pyridine rings is 1. The number of aromatic amines is 1. The maximum absolute atomic E-state index is 10.9. The Bertz CT molecular complexity index is 544. The van der Waals surface area contributed by atoms with E-state index in [4.69, 9.17) is 11.6 Å². The van der Waals surface area contributed by atoms with Gasteiger partial charge < -0.3 is 4.98 Å². The average molecular weight is 252 g/mol. The van der Waals surface area contributed by atoms with Crippen molar-refractivity contribution in [3.05, 3.63) is 24.2 Å². The molecule has 0 bridgehead atoms. The molecule has 0 aliphatic heterocycles. The highest BCUT2D eigenvalue weighted by Crippen LogP contribution is 2.07. The van der Waals surface area contributed by atoms with Gasteiger partial charge in [-0.05, 0) is 19.1 Å². The number of carbonyl (C=O) groups is 1. The van der Waals surface area contributed by atoms with Crippen molar-refractivity contribution in [2.45, 2.75) is 6.92 Å². The molecule has 2 aromatic heterocycles. The third kappa shape index (κ3) is 2.59. The van der Waals surface area contributed by atoms with E-state index in [-0.39, 0.29) is 11.8 Å². The first kappa shape index (κ1) is 11.5. The Balaban J connectivity index is 2.24. The van der Waals surface area contributed by atoms with Gasteiger partial charge in [0.05, 0.1) is 5.52 Å². The minimum Gasteiger partial charge on any atom is -0.336 e. The molecule has 0 saturated carbocycles. The zero-order valence-corrected chi connectivity index (χ0v) is 9.82. The Morgan fingerprint density at radius 2 is 2.47 bits per heavy atom. The molecule has 2 aromatic rings. The van der Waals surface area contributed by atoms with Crippen molar-refractivity contribution < 1.29 is 4.79 Å². The first-order chi connectivity index (χ1) is 8.20. The Morgan fingerprint density at radius 3 is 3.18 bits per heavy atom. The molecule has 0 saturated heterocycles. The van der Waals surface area contributed by atoms with Gasteiger partial charge in [0.25, 0.3) is 5.91 Å². The molecule has 0 atom stereocenters. The van der Waals surface area contributed by atoms with Crippen LogP contribution in [0.2, 0.25) is 0 Å². The van der Waals surface area contributed by atoms with Crippen molar-refractivity contribution in [2.24, 2.45) is 5.10 Å². The second-order valence-electron chi connectivity index (χ2n) is 3.33. The fourth-order valence-electron chi connectivity index (χ4n) is 1.25. The SMILES string of the molecule is C/C(=N\NC(=O)CCl)c1nc2ncccc2[nH]1. The lowest BCUT2D eigenvalue weighted by Gasteiger charge is -1.96. The molecular weight excluding hydrogens is 242 g/mol. The van der Waals surface area contributed by atoms with Crippen LogP contribution < -0.4 is 5.43 Å². The Labute approximate surface area is 102 Å². The predicted octanol–water partition coefficient (Wildman–Crippen LogP) is 1.04. The summed E-state index contributed by atoms with van der Waals surface area (Å²) in [4.78, 5) is 22.3. The number of H-pyrrole nitrogens is 1. The summed E-state index contributed by atoms with van der Waals surface area (Å²) in [6, 6.07) is 3.68. The molecule has 0 radical (unpaired) electrons. The molecule has 0 spiro atoms. The lowest BCUT2D eigenvalue weighted by Crippen LogP contribution is -2.20. The number of carbonyl (C=O) groups excluding carboxylic acids is 1. The smallest absolute Gasteiger partial charge is 0.254 e. The van der Waals surface area contributed by atoms with Crippen molar-refractivity contribution in [3.63, 3.8) is 0 Å². The summed E-state index contributed by atoms with van der Waals surface area (Å²) in [5.41, 5.74) is 4.30. The monoisotopic (exact) mass is 251 g/mol. The summed E-state index contributed by atoms with van der Waals surface area (Å²) in [5.74, 6) is 0.0761. The molecule has 2 heterocycles. The largest absolute Gasteiger partial charge is 0.336 e. The summed E-state index contributed by atoms with van der Waals surface area (Å²) in [7, 11) is 0. The highest BCUT2D eigenvalue weighted by atomic mass is 35.5. The van der Waals surface area contributed by atoms with E-state index >= 15 is 0 Å². The third-order valence-corrected chi connectivity index (χ3v) is 2.31. The minimum absolute atomic E-state index is 0.127. The normalized spacial score (nSPS) is 11.8. The number of imidazole rings is 1. The number of fused-ring (bicyclic) bond motifs is 1. The van der Waals surface area contributed by atoms with Gasteiger partial charge in [0.15, 0.2) is 11.5 Å².